The first-order chi connectivity index (χ1) is 28.6. The lowest BCUT2D eigenvalue weighted by molar-refractivity contribution is -0.153. The molecule has 2 saturated carbocycles. The van der Waals surface area contributed by atoms with Crippen molar-refractivity contribution in [3.05, 3.63) is 108 Å². The van der Waals surface area contributed by atoms with Gasteiger partial charge < -0.3 is 19.8 Å². The van der Waals surface area contributed by atoms with Crippen LogP contribution >= 0.6 is 0 Å². The summed E-state index contributed by atoms with van der Waals surface area (Å²) in [7, 11) is 4.01. The number of Topliss-reactive ketones (excluding diaryl/α,β-unsaturated/α-hetero) is 1. The maximum atomic E-state index is 15.2. The summed E-state index contributed by atoms with van der Waals surface area (Å²) < 4.78 is 82.4. The summed E-state index contributed by atoms with van der Waals surface area (Å²) in [5.74, 6) is 1.36. The number of halogens is 6. The Hall–Kier alpha value is -5.55. The van der Waals surface area contributed by atoms with Crippen LogP contribution in [0.3, 0.4) is 0 Å². The van der Waals surface area contributed by atoms with Crippen molar-refractivity contribution in [2.24, 2.45) is 10.8 Å². The molecule has 17 heteroatoms. The van der Waals surface area contributed by atoms with Crippen LogP contribution in [0.1, 0.15) is 60.0 Å². The minimum absolute atomic E-state index is 0.0963. The predicted molar refractivity (Wildman–Crippen MR) is 212 cm³/mol. The molecule has 6 aromatic rings. The topological polar surface area (TPSA) is 113 Å². The van der Waals surface area contributed by atoms with Crippen LogP contribution in [0.4, 0.5) is 38.0 Å². The third kappa shape index (κ3) is 6.47. The Labute approximate surface area is 340 Å². The van der Waals surface area contributed by atoms with Crippen molar-refractivity contribution in [1.29, 1.82) is 0 Å². The average molecular weight is 829 g/mol. The number of hydrogen-bond donors (Lipinski definition) is 2. The molecule has 0 radical (unpaired) electrons. The van der Waals surface area contributed by atoms with E-state index < -0.39 is 35.6 Å². The lowest BCUT2D eigenvalue weighted by Gasteiger charge is -2.64. The summed E-state index contributed by atoms with van der Waals surface area (Å²) in [6.45, 7) is 2.20. The van der Waals surface area contributed by atoms with Gasteiger partial charge in [-0.1, -0.05) is 24.3 Å². The van der Waals surface area contributed by atoms with Gasteiger partial charge in [-0.2, -0.15) is 26.3 Å². The van der Waals surface area contributed by atoms with Crippen LogP contribution in [-0.2, 0) is 17.1 Å². The van der Waals surface area contributed by atoms with E-state index in [1.807, 2.05) is 48.4 Å². The van der Waals surface area contributed by atoms with Gasteiger partial charge in [0.1, 0.15) is 35.6 Å². The fourth-order valence-electron chi connectivity index (χ4n) is 10.5. The van der Waals surface area contributed by atoms with Gasteiger partial charge in [-0.05, 0) is 84.0 Å². The fraction of sp³-hybridized carbons (Fsp3) is 0.419. The van der Waals surface area contributed by atoms with Gasteiger partial charge >= 0.3 is 12.4 Å². The second kappa shape index (κ2) is 13.7. The Morgan fingerprint density at radius 1 is 0.617 bits per heavy atom. The second-order valence-corrected chi connectivity index (χ2v) is 17.5. The molecule has 6 heterocycles. The molecule has 2 saturated heterocycles. The molecule has 2 aromatic carbocycles. The molecule has 60 heavy (non-hydrogen) atoms. The van der Waals surface area contributed by atoms with Gasteiger partial charge in [-0.25, -0.2) is 19.9 Å². The van der Waals surface area contributed by atoms with E-state index in [2.05, 4.69) is 39.7 Å². The van der Waals surface area contributed by atoms with Gasteiger partial charge in [0, 0.05) is 64.8 Å². The molecular weight excluding hydrogens is 787 g/mol. The van der Waals surface area contributed by atoms with Crippen LogP contribution in [0.25, 0.3) is 22.1 Å². The zero-order chi connectivity index (χ0) is 41.8. The fourth-order valence-corrected chi connectivity index (χ4v) is 10.5. The molecule has 0 amide bonds. The Kier molecular flexibility index (Phi) is 8.85. The summed E-state index contributed by atoms with van der Waals surface area (Å²) in [4.78, 5) is 47.5. The predicted octanol–water partition coefficient (Wildman–Crippen LogP) is 7.82. The van der Waals surface area contributed by atoms with Gasteiger partial charge in [0.25, 0.3) is 0 Å². The number of aromatic amines is 2. The molecule has 10 rings (SSSR count). The molecule has 4 aliphatic rings. The van der Waals surface area contributed by atoms with E-state index in [0.717, 1.165) is 83.7 Å². The monoisotopic (exact) mass is 828 g/mol. The lowest BCUT2D eigenvalue weighted by atomic mass is 9.59. The number of alkyl halides is 6. The molecule has 4 aromatic heterocycles. The maximum absolute atomic E-state index is 15.2. The van der Waals surface area contributed by atoms with Gasteiger partial charge in [-0.3, -0.25) is 14.6 Å². The Bertz CT molecular complexity index is 2370. The number of ketones is 1. The van der Waals surface area contributed by atoms with Crippen LogP contribution in [0.15, 0.2) is 85.7 Å². The van der Waals surface area contributed by atoms with Crippen molar-refractivity contribution in [3.63, 3.8) is 0 Å². The number of nitrogens with one attached hydrogen (secondary N) is 2. The number of carbonyl (C=O) groups excluding carboxylic acids is 1. The molecule has 312 valence electrons. The van der Waals surface area contributed by atoms with Crippen molar-refractivity contribution in [2.45, 2.75) is 62.2 Å². The number of rotatable bonds is 10. The molecule has 4 fully saturated rings. The smallest absolute Gasteiger partial charge is 0.356 e. The number of carbonyl (C=O) groups is 1. The van der Waals surface area contributed by atoms with Crippen LogP contribution < -0.4 is 9.80 Å². The van der Waals surface area contributed by atoms with E-state index in [-0.39, 0.29) is 28.7 Å². The van der Waals surface area contributed by atoms with E-state index in [4.69, 9.17) is 0 Å². The number of benzene rings is 2. The van der Waals surface area contributed by atoms with E-state index in [0.29, 0.717) is 37.3 Å². The third-order valence-corrected chi connectivity index (χ3v) is 13.6. The summed E-state index contributed by atoms with van der Waals surface area (Å²) in [5.41, 5.74) is 0.494. The van der Waals surface area contributed by atoms with E-state index in [9.17, 15) is 26.3 Å². The zero-order valence-electron chi connectivity index (χ0n) is 32.8. The highest BCUT2D eigenvalue weighted by molar-refractivity contribution is 5.92. The normalized spacial score (nSPS) is 20.4. The second-order valence-electron chi connectivity index (χ2n) is 17.5. The highest BCUT2D eigenvalue weighted by Gasteiger charge is 2.59. The highest BCUT2D eigenvalue weighted by atomic mass is 19.4. The summed E-state index contributed by atoms with van der Waals surface area (Å²) >= 11 is 0. The quantitative estimate of drug-likeness (QED) is 0.134. The van der Waals surface area contributed by atoms with Crippen molar-refractivity contribution in [2.75, 3.05) is 50.1 Å². The maximum Gasteiger partial charge on any atom is 0.416 e. The summed E-state index contributed by atoms with van der Waals surface area (Å²) in [6, 6.07) is 11.9. The van der Waals surface area contributed by atoms with Crippen molar-refractivity contribution in [1.82, 2.24) is 39.7 Å². The van der Waals surface area contributed by atoms with Crippen molar-refractivity contribution in [3.8, 4) is 0 Å². The number of fused-ring (bicyclic) bond motifs is 2. The van der Waals surface area contributed by atoms with Crippen LogP contribution in [-0.4, -0.2) is 97.8 Å². The number of anilines is 2. The third-order valence-electron chi connectivity index (χ3n) is 13.6. The summed E-state index contributed by atoms with van der Waals surface area (Å²) in [6.07, 6.45) is 0.911. The minimum atomic E-state index is -4.56. The molecule has 11 nitrogen and oxygen atoms in total. The molecule has 2 unspecified atom stereocenters. The van der Waals surface area contributed by atoms with Crippen molar-refractivity contribution < 1.29 is 31.1 Å². The molecular formula is C43H42F6N10O. The first kappa shape index (κ1) is 38.6. The first-order valence-corrected chi connectivity index (χ1v) is 20.0. The van der Waals surface area contributed by atoms with Gasteiger partial charge in [0.05, 0.1) is 34.0 Å². The van der Waals surface area contributed by atoms with E-state index in [1.165, 1.54) is 36.9 Å². The number of H-pyrrole nitrogens is 2. The molecule has 2 atom stereocenters. The molecule has 2 N–H and O–H groups in total. The number of aromatic nitrogens is 6. The number of nitrogens with zero attached hydrogens (tertiary/aromatic N) is 8. The van der Waals surface area contributed by atoms with Gasteiger partial charge in [0.2, 0.25) is 0 Å². The van der Waals surface area contributed by atoms with Crippen LogP contribution in [0.2, 0.25) is 0 Å². The Balaban J connectivity index is 0.907. The molecule has 2 spiro atoms. The molecule has 0 bridgehead atoms. The molecule has 2 aliphatic heterocycles. The Morgan fingerprint density at radius 2 is 0.983 bits per heavy atom. The number of likely N-dealkylation sites (tertiary alicyclic amines) is 2. The molecule has 2 aliphatic carbocycles. The van der Waals surface area contributed by atoms with Crippen LogP contribution in [0, 0.1) is 10.8 Å². The average Bonchev–Trinajstić information content (AvgIpc) is 3.85. The van der Waals surface area contributed by atoms with Gasteiger partial charge in [-0.15, -0.1) is 0 Å². The van der Waals surface area contributed by atoms with E-state index in [1.54, 1.807) is 0 Å². The first-order valence-electron chi connectivity index (χ1n) is 20.0. The number of hydrogen-bond acceptors (Lipinski definition) is 9. The van der Waals surface area contributed by atoms with E-state index >= 15 is 4.79 Å². The van der Waals surface area contributed by atoms with Crippen molar-refractivity contribution >= 4 is 39.5 Å². The standard InChI is InChI=1S/C43H42F6N10O/c1-56(38-31-11-13-50-36(31)52-23-54-38)29-15-40(16-29)19-58(20-40)33(25-3-7-27(8-4-25)42(44,45)46)35(60)34(26-5-9-28(10-6-26)43(47,48)49)59-21-41(22-59)17-30(18-41)57(2)39-32-12-14-51-37(32)53-24-55-39/h3-14,23-24,29-30,33-34H,15-22H2,1-2H3,(H,50,52,54)(H,51,53,55). The van der Waals surface area contributed by atoms with Crippen LogP contribution in [0.5, 0.6) is 0 Å². The zero-order valence-corrected chi connectivity index (χ0v) is 32.8. The SMILES string of the molecule is CN(c1ncnc2[nH]ccc12)C1CC2(C1)CN(C(C(=O)C(c1ccc(C(F)(F)F)cc1)N1CC3(CC(N(C)c4ncnc5[nH]ccc45)C3)C1)c1ccc(C(F)(F)F)cc1)C2. The Morgan fingerprint density at radius 3 is 1.33 bits per heavy atom. The lowest BCUT2D eigenvalue weighted by Crippen LogP contribution is -2.69. The minimum Gasteiger partial charge on any atom is -0.356 e. The summed E-state index contributed by atoms with van der Waals surface area (Å²) in [5, 5.41) is 1.83. The largest absolute Gasteiger partial charge is 0.416 e. The highest BCUT2D eigenvalue weighted by Crippen LogP contribution is 2.56. The van der Waals surface area contributed by atoms with Gasteiger partial charge in [0.15, 0.2) is 5.78 Å².